The molecular formula is C16H9BrN2O2. The Morgan fingerprint density at radius 3 is 2.76 bits per heavy atom. The van der Waals surface area contributed by atoms with Gasteiger partial charge >= 0.3 is 5.63 Å². The molecule has 0 N–H and O–H groups in total. The van der Waals surface area contributed by atoms with Gasteiger partial charge in [0.25, 0.3) is 0 Å². The van der Waals surface area contributed by atoms with E-state index < -0.39 is 5.63 Å². The van der Waals surface area contributed by atoms with Gasteiger partial charge in [0, 0.05) is 21.6 Å². The number of fused-ring (bicyclic) bond motifs is 1. The molecule has 0 saturated heterocycles. The minimum absolute atomic E-state index is 0.106. The van der Waals surface area contributed by atoms with Crippen molar-refractivity contribution in [2.75, 3.05) is 0 Å². The lowest BCUT2D eigenvalue weighted by Gasteiger charge is -1.99. The zero-order chi connectivity index (χ0) is 14.8. The summed E-state index contributed by atoms with van der Waals surface area (Å²) in [6.07, 6.45) is 1.44. The molecular weight excluding hydrogens is 332 g/mol. The Morgan fingerprint density at radius 1 is 1.14 bits per heavy atom. The zero-order valence-corrected chi connectivity index (χ0v) is 12.4. The van der Waals surface area contributed by atoms with Gasteiger partial charge in [0.05, 0.1) is 5.69 Å². The van der Waals surface area contributed by atoms with E-state index in [2.05, 4.69) is 20.9 Å². The molecule has 0 aliphatic carbocycles. The van der Waals surface area contributed by atoms with Crippen LogP contribution in [0.15, 0.2) is 67.2 Å². The Morgan fingerprint density at radius 2 is 1.95 bits per heavy atom. The molecule has 4 nitrogen and oxygen atoms in total. The lowest BCUT2D eigenvalue weighted by molar-refractivity contribution is 0.563. The van der Waals surface area contributed by atoms with Crippen molar-refractivity contribution in [1.29, 1.82) is 0 Å². The lowest BCUT2D eigenvalue weighted by atomic mass is 10.2. The molecule has 0 aliphatic rings. The second-order valence-corrected chi connectivity index (χ2v) is 5.33. The molecule has 3 rings (SSSR count). The first-order valence-corrected chi connectivity index (χ1v) is 6.98. The third-order valence-electron chi connectivity index (χ3n) is 2.96. The van der Waals surface area contributed by atoms with Gasteiger partial charge in [-0.2, -0.15) is 0 Å². The van der Waals surface area contributed by atoms with E-state index >= 15 is 0 Å². The number of halogens is 1. The van der Waals surface area contributed by atoms with Crippen molar-refractivity contribution in [3.05, 3.63) is 69.0 Å². The van der Waals surface area contributed by atoms with Gasteiger partial charge in [0.1, 0.15) is 11.3 Å². The second kappa shape index (κ2) is 5.54. The molecule has 0 amide bonds. The molecule has 0 aliphatic heterocycles. The Kier molecular flexibility index (Phi) is 3.58. The maximum absolute atomic E-state index is 11.9. The number of benzene rings is 2. The Hall–Kier alpha value is -2.40. The fourth-order valence-corrected chi connectivity index (χ4v) is 2.29. The molecule has 2 radical (unpaired) electrons. The molecule has 21 heavy (non-hydrogen) atoms. The quantitative estimate of drug-likeness (QED) is 0.522. The maximum Gasteiger partial charge on any atom is 0.362 e. The van der Waals surface area contributed by atoms with Gasteiger partial charge in [-0.1, -0.05) is 34.1 Å². The molecule has 0 saturated carbocycles. The van der Waals surface area contributed by atoms with Crippen LogP contribution in [0.1, 0.15) is 5.56 Å². The summed E-state index contributed by atoms with van der Waals surface area (Å²) in [6.45, 7) is 0. The van der Waals surface area contributed by atoms with E-state index in [0.29, 0.717) is 11.1 Å². The van der Waals surface area contributed by atoms with E-state index in [4.69, 9.17) is 4.42 Å². The first kappa shape index (κ1) is 13.6. The molecule has 0 atom stereocenters. The number of aliphatic imine (C=N–C) groups is 1. The monoisotopic (exact) mass is 340 g/mol. The highest BCUT2D eigenvalue weighted by atomic mass is 79.9. The highest BCUT2D eigenvalue weighted by Gasteiger charge is 2.04. The third-order valence-corrected chi connectivity index (χ3v) is 3.45. The second-order valence-electron chi connectivity index (χ2n) is 4.42. The molecule has 0 unspecified atom stereocenters. The van der Waals surface area contributed by atoms with Gasteiger partial charge in [-0.15, -0.1) is 5.73 Å². The fraction of sp³-hybridized carbons (Fsp3) is 0. The van der Waals surface area contributed by atoms with Gasteiger partial charge in [-0.25, -0.2) is 9.79 Å². The zero-order valence-electron chi connectivity index (χ0n) is 10.8. The SMILES string of the molecule is [N]c1ccccc1C=Nc1cc2cc(Br)ccc2oc1=O. The van der Waals surface area contributed by atoms with E-state index in [1.54, 1.807) is 42.5 Å². The van der Waals surface area contributed by atoms with Crippen molar-refractivity contribution in [3.63, 3.8) is 0 Å². The normalized spacial score (nSPS) is 11.3. The van der Waals surface area contributed by atoms with Crippen LogP contribution in [0.3, 0.4) is 0 Å². The smallest absolute Gasteiger partial charge is 0.362 e. The molecule has 0 bridgehead atoms. The summed E-state index contributed by atoms with van der Waals surface area (Å²) >= 11 is 3.37. The van der Waals surface area contributed by atoms with Gasteiger partial charge < -0.3 is 4.42 Å². The summed E-state index contributed by atoms with van der Waals surface area (Å²) in [7, 11) is 0. The van der Waals surface area contributed by atoms with Crippen LogP contribution >= 0.6 is 15.9 Å². The minimum Gasteiger partial charge on any atom is -0.421 e. The molecule has 102 valence electrons. The van der Waals surface area contributed by atoms with Crippen LogP contribution in [0.4, 0.5) is 11.4 Å². The van der Waals surface area contributed by atoms with E-state index in [-0.39, 0.29) is 11.4 Å². The van der Waals surface area contributed by atoms with E-state index in [1.807, 2.05) is 6.07 Å². The Bertz CT molecular complexity index is 900. The van der Waals surface area contributed by atoms with Gasteiger partial charge in [0.2, 0.25) is 0 Å². The average molecular weight is 341 g/mol. The van der Waals surface area contributed by atoms with Crippen molar-refractivity contribution in [2.24, 2.45) is 4.99 Å². The van der Waals surface area contributed by atoms with Crippen LogP contribution in [-0.2, 0) is 0 Å². The third kappa shape index (κ3) is 2.87. The predicted octanol–water partition coefficient (Wildman–Crippen LogP) is 4.01. The van der Waals surface area contributed by atoms with Crippen LogP contribution in [0.2, 0.25) is 0 Å². The highest BCUT2D eigenvalue weighted by molar-refractivity contribution is 9.10. The first-order valence-electron chi connectivity index (χ1n) is 6.19. The number of nitrogens with zero attached hydrogens (tertiary/aromatic N) is 2. The lowest BCUT2D eigenvalue weighted by Crippen LogP contribution is -1.98. The summed E-state index contributed by atoms with van der Waals surface area (Å²) in [6, 6.07) is 13.8. The molecule has 1 aromatic heterocycles. The van der Waals surface area contributed by atoms with Crippen LogP contribution in [0.25, 0.3) is 11.0 Å². The van der Waals surface area contributed by atoms with Gasteiger partial charge in [-0.05, 0) is 30.3 Å². The van der Waals surface area contributed by atoms with Crippen LogP contribution in [0, 0.1) is 0 Å². The van der Waals surface area contributed by atoms with Crippen LogP contribution in [-0.4, -0.2) is 6.21 Å². The summed E-state index contributed by atoms with van der Waals surface area (Å²) in [5.74, 6) is 0. The molecule has 0 spiro atoms. The highest BCUT2D eigenvalue weighted by Crippen LogP contribution is 2.22. The van der Waals surface area contributed by atoms with E-state index in [9.17, 15) is 10.5 Å². The molecule has 2 aromatic carbocycles. The van der Waals surface area contributed by atoms with Crippen LogP contribution in [0.5, 0.6) is 0 Å². The van der Waals surface area contributed by atoms with E-state index in [0.717, 1.165) is 9.86 Å². The van der Waals surface area contributed by atoms with Gasteiger partial charge in [0.15, 0.2) is 0 Å². The molecule has 3 aromatic rings. The first-order chi connectivity index (χ1) is 10.1. The van der Waals surface area contributed by atoms with Gasteiger partial charge in [-0.3, -0.25) is 0 Å². The van der Waals surface area contributed by atoms with Crippen molar-refractivity contribution in [1.82, 2.24) is 5.73 Å². The number of hydrogen-bond acceptors (Lipinski definition) is 3. The molecule has 5 heteroatoms. The molecule has 0 fully saturated rings. The average Bonchev–Trinajstić information content (AvgIpc) is 2.47. The topological polar surface area (TPSA) is 64.9 Å². The van der Waals surface area contributed by atoms with E-state index in [1.165, 1.54) is 6.21 Å². The van der Waals surface area contributed by atoms with Crippen molar-refractivity contribution < 1.29 is 4.42 Å². The van der Waals surface area contributed by atoms with Crippen molar-refractivity contribution >= 4 is 44.5 Å². The largest absolute Gasteiger partial charge is 0.421 e. The summed E-state index contributed by atoms with van der Waals surface area (Å²) in [4.78, 5) is 16.0. The van der Waals surface area contributed by atoms with Crippen molar-refractivity contribution in [2.45, 2.75) is 0 Å². The Labute approximate surface area is 129 Å². The predicted molar refractivity (Wildman–Crippen MR) is 85.7 cm³/mol. The summed E-state index contributed by atoms with van der Waals surface area (Å²) < 4.78 is 6.10. The standard InChI is InChI=1S/C16H9BrN2O2/c17-12-5-6-15-11(7-12)8-14(16(20)21-15)19-9-10-3-1-2-4-13(10)18/h1-9H. The number of hydrogen-bond donors (Lipinski definition) is 0. The Balaban J connectivity index is 2.06. The fourth-order valence-electron chi connectivity index (χ4n) is 1.91. The summed E-state index contributed by atoms with van der Waals surface area (Å²) in [5, 5.41) is 0.772. The van der Waals surface area contributed by atoms with Crippen LogP contribution < -0.4 is 11.4 Å². The maximum atomic E-state index is 11.9. The summed E-state index contributed by atoms with van der Waals surface area (Å²) in [5.41, 5.74) is 10.5. The molecule has 1 heterocycles. The number of rotatable bonds is 2. The van der Waals surface area contributed by atoms with Crippen molar-refractivity contribution in [3.8, 4) is 0 Å². The minimum atomic E-state index is -0.517.